The molecule has 0 radical (unpaired) electrons. The monoisotopic (exact) mass is 486 g/mol. The number of phenols is 1. The van der Waals surface area contributed by atoms with E-state index in [0.717, 1.165) is 73.0 Å². The number of ether oxygens (including phenoxy) is 2. The van der Waals surface area contributed by atoms with E-state index in [1.165, 1.54) is 38.5 Å². The van der Waals surface area contributed by atoms with Gasteiger partial charge in [-0.25, -0.2) is 0 Å². The standard InChI is InChI=1S/C28H38N2O3.ClH/c1-32-26-17-23(18-27(19-26)33-2)10-9-22-15-24(20-29-11-5-3-6-12-29)28(31)25(16-22)21-30-13-7-4-8-14-30;/h9-10,15-19,31H,3-8,11-14,20-21H2,1-2H3;1H/b10-9+;. The number of likely N-dealkylation sites (tertiary alicyclic amines) is 2. The minimum atomic E-state index is 0. The molecule has 0 aromatic heterocycles. The van der Waals surface area contributed by atoms with Crippen molar-refractivity contribution in [2.75, 3.05) is 40.4 Å². The van der Waals surface area contributed by atoms with Crippen LogP contribution in [-0.4, -0.2) is 55.3 Å². The van der Waals surface area contributed by atoms with Crippen LogP contribution in [0.5, 0.6) is 17.2 Å². The van der Waals surface area contributed by atoms with Gasteiger partial charge in [0.05, 0.1) is 14.2 Å². The van der Waals surface area contributed by atoms with Crippen molar-refractivity contribution in [3.8, 4) is 17.2 Å². The highest BCUT2D eigenvalue weighted by molar-refractivity contribution is 5.85. The fourth-order valence-electron chi connectivity index (χ4n) is 4.96. The topological polar surface area (TPSA) is 45.2 Å². The average molecular weight is 487 g/mol. The van der Waals surface area contributed by atoms with Crippen LogP contribution in [0.2, 0.25) is 0 Å². The van der Waals surface area contributed by atoms with Crippen molar-refractivity contribution in [3.05, 3.63) is 52.6 Å². The van der Waals surface area contributed by atoms with Gasteiger partial charge in [0.1, 0.15) is 17.2 Å². The molecule has 34 heavy (non-hydrogen) atoms. The number of rotatable bonds is 8. The highest BCUT2D eigenvalue weighted by Gasteiger charge is 2.18. The summed E-state index contributed by atoms with van der Waals surface area (Å²) in [4.78, 5) is 4.95. The molecule has 5 nitrogen and oxygen atoms in total. The fourth-order valence-corrected chi connectivity index (χ4v) is 4.96. The van der Waals surface area contributed by atoms with E-state index in [2.05, 4.69) is 34.1 Å². The van der Waals surface area contributed by atoms with Gasteiger partial charge in [-0.15, -0.1) is 12.4 Å². The minimum absolute atomic E-state index is 0. The predicted molar refractivity (Wildman–Crippen MR) is 142 cm³/mol. The Morgan fingerprint density at radius 2 is 1.09 bits per heavy atom. The number of halogens is 1. The number of hydrogen-bond donors (Lipinski definition) is 1. The first-order chi connectivity index (χ1) is 16.1. The number of benzene rings is 2. The molecular formula is C28H39ClN2O3. The second kappa shape index (κ2) is 13.0. The van der Waals surface area contributed by atoms with Crippen molar-refractivity contribution in [1.29, 1.82) is 0 Å². The van der Waals surface area contributed by atoms with E-state index in [4.69, 9.17) is 9.47 Å². The van der Waals surface area contributed by atoms with Gasteiger partial charge in [-0.1, -0.05) is 25.0 Å². The third kappa shape index (κ3) is 7.14. The van der Waals surface area contributed by atoms with Crippen LogP contribution in [0.1, 0.15) is 60.8 Å². The van der Waals surface area contributed by atoms with Crippen molar-refractivity contribution in [3.63, 3.8) is 0 Å². The maximum Gasteiger partial charge on any atom is 0.124 e. The minimum Gasteiger partial charge on any atom is -0.507 e. The lowest BCUT2D eigenvalue weighted by Gasteiger charge is -2.29. The van der Waals surface area contributed by atoms with Crippen molar-refractivity contribution in [2.45, 2.75) is 51.6 Å². The number of piperidine rings is 2. The third-order valence-electron chi connectivity index (χ3n) is 6.82. The normalized spacial score (nSPS) is 17.5. The van der Waals surface area contributed by atoms with Crippen LogP contribution in [0.15, 0.2) is 30.3 Å². The van der Waals surface area contributed by atoms with Gasteiger partial charge in [-0.2, -0.15) is 0 Å². The van der Waals surface area contributed by atoms with E-state index in [1.807, 2.05) is 18.2 Å². The van der Waals surface area contributed by atoms with Gasteiger partial charge in [0.2, 0.25) is 0 Å². The summed E-state index contributed by atoms with van der Waals surface area (Å²) >= 11 is 0. The second-order valence-electron chi connectivity index (χ2n) is 9.34. The zero-order valence-electron chi connectivity index (χ0n) is 20.6. The molecule has 0 atom stereocenters. The van der Waals surface area contributed by atoms with E-state index in [1.54, 1.807) is 14.2 Å². The largest absolute Gasteiger partial charge is 0.507 e. The molecule has 1 N–H and O–H groups in total. The molecule has 2 fully saturated rings. The van der Waals surface area contributed by atoms with Crippen LogP contribution < -0.4 is 9.47 Å². The molecule has 0 unspecified atom stereocenters. The quantitative estimate of drug-likeness (QED) is 0.465. The Kier molecular flexibility index (Phi) is 10.1. The summed E-state index contributed by atoms with van der Waals surface area (Å²) in [7, 11) is 3.34. The summed E-state index contributed by atoms with van der Waals surface area (Å²) in [6.07, 6.45) is 11.8. The molecule has 0 saturated carbocycles. The van der Waals surface area contributed by atoms with Crippen LogP contribution in [0.3, 0.4) is 0 Å². The fraction of sp³-hybridized carbons (Fsp3) is 0.500. The zero-order chi connectivity index (χ0) is 23.0. The van der Waals surface area contributed by atoms with Crippen LogP contribution in [-0.2, 0) is 13.1 Å². The van der Waals surface area contributed by atoms with Crippen LogP contribution in [0.25, 0.3) is 12.2 Å². The smallest absolute Gasteiger partial charge is 0.124 e. The second-order valence-corrected chi connectivity index (χ2v) is 9.34. The lowest BCUT2D eigenvalue weighted by Crippen LogP contribution is -2.30. The van der Waals surface area contributed by atoms with Gasteiger partial charge in [-0.05, 0) is 87.3 Å². The highest BCUT2D eigenvalue weighted by atomic mass is 35.5. The molecule has 2 aliphatic heterocycles. The van der Waals surface area contributed by atoms with Gasteiger partial charge >= 0.3 is 0 Å². The Bertz CT molecular complexity index is 887. The molecule has 2 aromatic rings. The molecule has 2 saturated heterocycles. The number of aromatic hydroxyl groups is 1. The molecule has 2 heterocycles. The Hall–Kier alpha value is -2.21. The number of hydrogen-bond acceptors (Lipinski definition) is 5. The molecular weight excluding hydrogens is 448 g/mol. The summed E-state index contributed by atoms with van der Waals surface area (Å²) in [5.41, 5.74) is 4.21. The van der Waals surface area contributed by atoms with E-state index >= 15 is 0 Å². The first kappa shape index (κ1) is 26.4. The van der Waals surface area contributed by atoms with Crippen molar-refractivity contribution in [1.82, 2.24) is 9.80 Å². The average Bonchev–Trinajstić information content (AvgIpc) is 2.86. The van der Waals surface area contributed by atoms with E-state index in [9.17, 15) is 5.11 Å². The third-order valence-corrected chi connectivity index (χ3v) is 6.82. The van der Waals surface area contributed by atoms with Gasteiger partial charge in [-0.3, -0.25) is 9.80 Å². The van der Waals surface area contributed by atoms with Crippen LogP contribution in [0.4, 0.5) is 0 Å². The first-order valence-electron chi connectivity index (χ1n) is 12.4. The van der Waals surface area contributed by atoms with Gasteiger partial charge < -0.3 is 14.6 Å². The summed E-state index contributed by atoms with van der Waals surface area (Å²) in [5.74, 6) is 2.03. The van der Waals surface area contributed by atoms with Gasteiger partial charge in [0.15, 0.2) is 0 Å². The molecule has 0 aliphatic carbocycles. The van der Waals surface area contributed by atoms with Crippen molar-refractivity contribution in [2.24, 2.45) is 0 Å². The predicted octanol–water partition coefficient (Wildman–Crippen LogP) is 5.97. The molecule has 0 spiro atoms. The Balaban J connectivity index is 0.00000324. The van der Waals surface area contributed by atoms with E-state index in [0.29, 0.717) is 5.75 Å². The van der Waals surface area contributed by atoms with Gasteiger partial charge in [0, 0.05) is 30.3 Å². The summed E-state index contributed by atoms with van der Waals surface area (Å²) in [5, 5.41) is 11.2. The number of phenolic OH excluding ortho intramolecular Hbond substituents is 1. The van der Waals surface area contributed by atoms with Crippen molar-refractivity contribution < 1.29 is 14.6 Å². The highest BCUT2D eigenvalue weighted by Crippen LogP contribution is 2.30. The van der Waals surface area contributed by atoms with Crippen LogP contribution in [0, 0.1) is 0 Å². The maximum absolute atomic E-state index is 11.2. The Labute approximate surface area is 210 Å². The van der Waals surface area contributed by atoms with Gasteiger partial charge in [0.25, 0.3) is 0 Å². The Morgan fingerprint density at radius 1 is 0.676 bits per heavy atom. The molecule has 0 bridgehead atoms. The molecule has 2 aliphatic rings. The van der Waals surface area contributed by atoms with Crippen LogP contribution >= 0.6 is 12.4 Å². The van der Waals surface area contributed by atoms with E-state index < -0.39 is 0 Å². The summed E-state index contributed by atoms with van der Waals surface area (Å²) in [6.45, 7) is 6.09. The zero-order valence-corrected chi connectivity index (χ0v) is 21.4. The molecule has 2 aromatic carbocycles. The maximum atomic E-state index is 11.2. The number of nitrogens with zero attached hydrogens (tertiary/aromatic N) is 2. The molecule has 4 rings (SSSR count). The lowest BCUT2D eigenvalue weighted by atomic mass is 10.00. The molecule has 186 valence electrons. The molecule has 0 amide bonds. The lowest BCUT2D eigenvalue weighted by molar-refractivity contribution is 0.213. The molecule has 6 heteroatoms. The first-order valence-corrected chi connectivity index (χ1v) is 12.4. The van der Waals surface area contributed by atoms with E-state index in [-0.39, 0.29) is 12.4 Å². The Morgan fingerprint density at radius 3 is 1.50 bits per heavy atom. The SMILES string of the molecule is COc1cc(/C=C/c2cc(CN3CCCCC3)c(O)c(CN3CCCCC3)c2)cc(OC)c1.Cl. The summed E-state index contributed by atoms with van der Waals surface area (Å²) < 4.78 is 10.8. The van der Waals surface area contributed by atoms with Crippen molar-refractivity contribution >= 4 is 24.6 Å². The number of methoxy groups -OCH3 is 2. The summed E-state index contributed by atoms with van der Waals surface area (Å²) in [6, 6.07) is 10.2.